The van der Waals surface area contributed by atoms with Crippen LogP contribution in [0.25, 0.3) is 0 Å². The SMILES string of the molecule is COC(C)C(=O)Nc1c(C)cccc1C(=O)O. The maximum atomic E-state index is 11.6. The van der Waals surface area contributed by atoms with Crippen molar-refractivity contribution in [3.63, 3.8) is 0 Å². The quantitative estimate of drug-likeness (QED) is 0.835. The van der Waals surface area contributed by atoms with Gasteiger partial charge in [0.2, 0.25) is 0 Å². The number of hydrogen-bond acceptors (Lipinski definition) is 3. The number of benzene rings is 1. The molecule has 92 valence electrons. The summed E-state index contributed by atoms with van der Waals surface area (Å²) in [4.78, 5) is 22.7. The van der Waals surface area contributed by atoms with E-state index in [1.165, 1.54) is 13.2 Å². The Morgan fingerprint density at radius 1 is 1.41 bits per heavy atom. The number of para-hydroxylation sites is 1. The van der Waals surface area contributed by atoms with Crippen molar-refractivity contribution in [2.75, 3.05) is 12.4 Å². The fourth-order valence-electron chi connectivity index (χ4n) is 1.34. The number of aryl methyl sites for hydroxylation is 1. The largest absolute Gasteiger partial charge is 0.478 e. The highest BCUT2D eigenvalue weighted by Crippen LogP contribution is 2.20. The van der Waals surface area contributed by atoms with Gasteiger partial charge in [0.05, 0.1) is 11.3 Å². The van der Waals surface area contributed by atoms with E-state index in [2.05, 4.69) is 5.32 Å². The molecule has 0 saturated carbocycles. The third-order valence-electron chi connectivity index (χ3n) is 2.47. The number of hydrogen-bond donors (Lipinski definition) is 2. The van der Waals surface area contributed by atoms with Crippen LogP contribution in [0.5, 0.6) is 0 Å². The summed E-state index contributed by atoms with van der Waals surface area (Å²) in [5.41, 5.74) is 1.08. The molecule has 5 nitrogen and oxygen atoms in total. The highest BCUT2D eigenvalue weighted by molar-refractivity contribution is 6.02. The molecule has 5 heteroatoms. The van der Waals surface area contributed by atoms with E-state index in [9.17, 15) is 9.59 Å². The minimum absolute atomic E-state index is 0.0710. The summed E-state index contributed by atoms with van der Waals surface area (Å²) in [6, 6.07) is 4.82. The Bertz CT molecular complexity index is 442. The number of methoxy groups -OCH3 is 1. The van der Waals surface area contributed by atoms with E-state index in [0.717, 1.165) is 0 Å². The van der Waals surface area contributed by atoms with Crippen LogP contribution in [-0.4, -0.2) is 30.2 Å². The lowest BCUT2D eigenvalue weighted by atomic mass is 10.1. The van der Waals surface area contributed by atoms with E-state index in [-0.39, 0.29) is 11.5 Å². The number of carboxylic acids is 1. The van der Waals surface area contributed by atoms with Gasteiger partial charge in [-0.25, -0.2) is 4.79 Å². The lowest BCUT2D eigenvalue weighted by molar-refractivity contribution is -0.124. The summed E-state index contributed by atoms with van der Waals surface area (Å²) in [5, 5.41) is 11.6. The van der Waals surface area contributed by atoms with Crippen molar-refractivity contribution in [2.45, 2.75) is 20.0 Å². The molecule has 1 aromatic rings. The summed E-state index contributed by atoms with van der Waals surface area (Å²) in [6.07, 6.45) is -0.628. The number of amides is 1. The van der Waals surface area contributed by atoms with Gasteiger partial charge < -0.3 is 15.2 Å². The lowest BCUT2D eigenvalue weighted by Crippen LogP contribution is -2.27. The normalized spacial score (nSPS) is 11.9. The van der Waals surface area contributed by atoms with Crippen LogP contribution in [-0.2, 0) is 9.53 Å². The van der Waals surface area contributed by atoms with Crippen molar-refractivity contribution in [1.29, 1.82) is 0 Å². The topological polar surface area (TPSA) is 75.6 Å². The molecule has 0 fully saturated rings. The number of carbonyl (C=O) groups excluding carboxylic acids is 1. The molecule has 0 heterocycles. The second-order valence-electron chi connectivity index (χ2n) is 3.67. The first-order chi connectivity index (χ1) is 7.97. The molecule has 0 spiro atoms. The van der Waals surface area contributed by atoms with Crippen molar-refractivity contribution >= 4 is 17.6 Å². The van der Waals surface area contributed by atoms with Gasteiger partial charge in [-0.1, -0.05) is 12.1 Å². The second kappa shape index (κ2) is 5.45. The van der Waals surface area contributed by atoms with Gasteiger partial charge in [0.25, 0.3) is 5.91 Å². The van der Waals surface area contributed by atoms with Crippen LogP contribution >= 0.6 is 0 Å². The monoisotopic (exact) mass is 237 g/mol. The third kappa shape index (κ3) is 3.04. The number of aromatic carboxylic acids is 1. The molecule has 0 radical (unpaired) electrons. The molecule has 1 amide bonds. The van der Waals surface area contributed by atoms with Crippen LogP contribution in [0.1, 0.15) is 22.8 Å². The molecule has 0 aliphatic carbocycles. The molecule has 0 saturated heterocycles. The Balaban J connectivity index is 3.05. The number of carbonyl (C=O) groups is 2. The predicted molar refractivity (Wildman–Crippen MR) is 63.2 cm³/mol. The molecule has 17 heavy (non-hydrogen) atoms. The van der Waals surface area contributed by atoms with Crippen LogP contribution in [0.15, 0.2) is 18.2 Å². The van der Waals surface area contributed by atoms with Crippen LogP contribution in [0.2, 0.25) is 0 Å². The van der Waals surface area contributed by atoms with Crippen LogP contribution in [0.3, 0.4) is 0 Å². The van der Waals surface area contributed by atoms with E-state index in [1.54, 1.807) is 26.0 Å². The van der Waals surface area contributed by atoms with Crippen molar-refractivity contribution in [1.82, 2.24) is 0 Å². The Morgan fingerprint density at radius 3 is 2.59 bits per heavy atom. The molecule has 0 aromatic heterocycles. The highest BCUT2D eigenvalue weighted by Gasteiger charge is 2.17. The molecule has 2 N–H and O–H groups in total. The maximum Gasteiger partial charge on any atom is 0.337 e. The summed E-state index contributed by atoms with van der Waals surface area (Å²) in [6.45, 7) is 3.33. The molecule has 1 rings (SSSR count). The number of rotatable bonds is 4. The van der Waals surface area contributed by atoms with E-state index in [4.69, 9.17) is 9.84 Å². The van der Waals surface area contributed by atoms with Crippen LogP contribution in [0, 0.1) is 6.92 Å². The second-order valence-corrected chi connectivity index (χ2v) is 3.67. The standard InChI is InChI=1S/C12H15NO4/c1-7-5-4-6-9(12(15)16)10(7)13-11(14)8(2)17-3/h4-6,8H,1-3H3,(H,13,14)(H,15,16). The first-order valence-corrected chi connectivity index (χ1v) is 5.14. The van der Waals surface area contributed by atoms with Gasteiger partial charge in [-0.2, -0.15) is 0 Å². The van der Waals surface area contributed by atoms with Gasteiger partial charge in [-0.15, -0.1) is 0 Å². The van der Waals surface area contributed by atoms with E-state index < -0.39 is 12.1 Å². The zero-order valence-electron chi connectivity index (χ0n) is 9.98. The van der Waals surface area contributed by atoms with Crippen molar-refractivity contribution in [3.8, 4) is 0 Å². The highest BCUT2D eigenvalue weighted by atomic mass is 16.5. The molecular weight excluding hydrogens is 222 g/mol. The zero-order valence-corrected chi connectivity index (χ0v) is 9.98. The van der Waals surface area contributed by atoms with Gasteiger partial charge >= 0.3 is 5.97 Å². The van der Waals surface area contributed by atoms with Crippen molar-refractivity contribution in [2.24, 2.45) is 0 Å². The number of nitrogens with one attached hydrogen (secondary N) is 1. The van der Waals surface area contributed by atoms with E-state index in [0.29, 0.717) is 11.3 Å². The third-order valence-corrected chi connectivity index (χ3v) is 2.47. The Morgan fingerprint density at radius 2 is 2.06 bits per heavy atom. The number of anilines is 1. The minimum atomic E-state index is -1.07. The maximum absolute atomic E-state index is 11.6. The Labute approximate surface area is 99.4 Å². The molecule has 0 aliphatic rings. The van der Waals surface area contributed by atoms with Gasteiger partial charge in [0.15, 0.2) is 0 Å². The van der Waals surface area contributed by atoms with Gasteiger partial charge in [0.1, 0.15) is 6.10 Å². The lowest BCUT2D eigenvalue weighted by Gasteiger charge is -2.14. The fraction of sp³-hybridized carbons (Fsp3) is 0.333. The van der Waals surface area contributed by atoms with Crippen molar-refractivity contribution < 1.29 is 19.4 Å². The van der Waals surface area contributed by atoms with Crippen molar-refractivity contribution in [3.05, 3.63) is 29.3 Å². The molecule has 0 aliphatic heterocycles. The molecule has 0 bridgehead atoms. The smallest absolute Gasteiger partial charge is 0.337 e. The number of ether oxygens (including phenoxy) is 1. The predicted octanol–water partition coefficient (Wildman–Crippen LogP) is 1.67. The fourth-order valence-corrected chi connectivity index (χ4v) is 1.34. The van der Waals surface area contributed by atoms with Gasteiger partial charge in [-0.3, -0.25) is 4.79 Å². The van der Waals surface area contributed by atoms with E-state index in [1.807, 2.05) is 0 Å². The average Bonchev–Trinajstić information content (AvgIpc) is 2.30. The number of carboxylic acid groups (broad SMARTS) is 1. The summed E-state index contributed by atoms with van der Waals surface area (Å²) < 4.78 is 4.86. The first kappa shape index (κ1) is 13.2. The van der Waals surface area contributed by atoms with E-state index >= 15 is 0 Å². The first-order valence-electron chi connectivity index (χ1n) is 5.14. The Kier molecular flexibility index (Phi) is 4.23. The van der Waals surface area contributed by atoms with Crippen LogP contribution < -0.4 is 5.32 Å². The van der Waals surface area contributed by atoms with Gasteiger partial charge in [0, 0.05) is 7.11 Å². The minimum Gasteiger partial charge on any atom is -0.478 e. The molecular formula is C12H15NO4. The Hall–Kier alpha value is -1.88. The summed E-state index contributed by atoms with van der Waals surface area (Å²) >= 11 is 0. The molecule has 1 atom stereocenters. The zero-order chi connectivity index (χ0) is 13.0. The molecule has 1 unspecified atom stereocenters. The van der Waals surface area contributed by atoms with Crippen LogP contribution in [0.4, 0.5) is 5.69 Å². The van der Waals surface area contributed by atoms with Gasteiger partial charge in [-0.05, 0) is 25.5 Å². The molecule has 1 aromatic carbocycles. The summed E-state index contributed by atoms with van der Waals surface area (Å²) in [7, 11) is 1.42. The average molecular weight is 237 g/mol. The summed E-state index contributed by atoms with van der Waals surface area (Å²) in [5.74, 6) is -1.45.